The van der Waals surface area contributed by atoms with E-state index in [4.69, 9.17) is 9.47 Å². The molecule has 0 fully saturated rings. The SMILES string of the molecule is COc1ccc(/C=C/C(=O)c2cnn(C)c2)cc1COc1ccc([N+](=O)[O-])cc1. The molecule has 8 heteroatoms. The number of methoxy groups -OCH3 is 1. The molecule has 0 spiro atoms. The van der Waals surface area contributed by atoms with Crippen LogP contribution < -0.4 is 9.47 Å². The number of benzene rings is 2. The zero-order chi connectivity index (χ0) is 20.8. The zero-order valence-electron chi connectivity index (χ0n) is 15.9. The fourth-order valence-corrected chi connectivity index (χ4v) is 2.66. The maximum Gasteiger partial charge on any atom is 0.269 e. The summed E-state index contributed by atoms with van der Waals surface area (Å²) in [6, 6.07) is 11.3. The van der Waals surface area contributed by atoms with Crippen molar-refractivity contribution in [2.45, 2.75) is 6.61 Å². The Morgan fingerprint density at radius 2 is 2.00 bits per heavy atom. The van der Waals surface area contributed by atoms with Crippen molar-refractivity contribution in [3.8, 4) is 11.5 Å². The Kier molecular flexibility index (Phi) is 6.03. The van der Waals surface area contributed by atoms with E-state index < -0.39 is 4.92 Å². The normalized spacial score (nSPS) is 10.8. The Labute approximate surface area is 167 Å². The number of ether oxygens (including phenoxy) is 2. The topological polar surface area (TPSA) is 96.5 Å². The van der Waals surface area contributed by atoms with E-state index in [2.05, 4.69) is 5.10 Å². The van der Waals surface area contributed by atoms with Gasteiger partial charge in [0.05, 0.1) is 23.8 Å². The van der Waals surface area contributed by atoms with E-state index in [0.29, 0.717) is 17.1 Å². The Morgan fingerprint density at radius 3 is 2.62 bits per heavy atom. The summed E-state index contributed by atoms with van der Waals surface area (Å²) in [6.45, 7) is 0.208. The van der Waals surface area contributed by atoms with Gasteiger partial charge in [-0.2, -0.15) is 5.10 Å². The highest BCUT2D eigenvalue weighted by molar-refractivity contribution is 6.06. The molecule has 0 bridgehead atoms. The average molecular weight is 393 g/mol. The number of non-ortho nitro benzene ring substituents is 1. The number of allylic oxidation sites excluding steroid dienone is 1. The van der Waals surface area contributed by atoms with E-state index in [1.54, 1.807) is 49.3 Å². The second-order valence-electron chi connectivity index (χ2n) is 6.21. The van der Waals surface area contributed by atoms with Gasteiger partial charge in [0.25, 0.3) is 5.69 Å². The molecule has 2 aromatic carbocycles. The number of carbonyl (C=O) groups is 1. The summed E-state index contributed by atoms with van der Waals surface area (Å²) >= 11 is 0. The van der Waals surface area contributed by atoms with Crippen LogP contribution in [-0.4, -0.2) is 27.6 Å². The van der Waals surface area contributed by atoms with E-state index in [0.717, 1.165) is 11.1 Å². The second-order valence-corrected chi connectivity index (χ2v) is 6.21. The molecule has 0 unspecified atom stereocenters. The van der Waals surface area contributed by atoms with Gasteiger partial charge < -0.3 is 9.47 Å². The van der Waals surface area contributed by atoms with Crippen molar-refractivity contribution < 1.29 is 19.2 Å². The molecule has 3 rings (SSSR count). The number of carbonyl (C=O) groups excluding carboxylic acids is 1. The van der Waals surface area contributed by atoms with Gasteiger partial charge in [-0.1, -0.05) is 12.1 Å². The third-order valence-corrected chi connectivity index (χ3v) is 4.16. The molecule has 0 aliphatic heterocycles. The summed E-state index contributed by atoms with van der Waals surface area (Å²) in [5, 5.41) is 14.7. The number of hydrogen-bond acceptors (Lipinski definition) is 6. The molecule has 3 aromatic rings. The highest BCUT2D eigenvalue weighted by Crippen LogP contribution is 2.24. The monoisotopic (exact) mass is 393 g/mol. The molecule has 1 aromatic heterocycles. The summed E-state index contributed by atoms with van der Waals surface area (Å²) in [5.74, 6) is 1.01. The maximum atomic E-state index is 12.2. The first kappa shape index (κ1) is 19.8. The molecule has 0 aliphatic rings. The van der Waals surface area contributed by atoms with Gasteiger partial charge in [-0.05, 0) is 35.9 Å². The number of aromatic nitrogens is 2. The van der Waals surface area contributed by atoms with Gasteiger partial charge in [-0.15, -0.1) is 0 Å². The van der Waals surface area contributed by atoms with Crippen LogP contribution in [0.15, 0.2) is 60.9 Å². The van der Waals surface area contributed by atoms with Crippen molar-refractivity contribution in [3.05, 3.63) is 87.7 Å². The number of ketones is 1. The van der Waals surface area contributed by atoms with E-state index >= 15 is 0 Å². The van der Waals surface area contributed by atoms with Crippen LogP contribution in [0.4, 0.5) is 5.69 Å². The average Bonchev–Trinajstić information content (AvgIpc) is 3.17. The van der Waals surface area contributed by atoms with Crippen molar-refractivity contribution in [2.75, 3.05) is 7.11 Å². The van der Waals surface area contributed by atoms with E-state index in [1.807, 2.05) is 12.1 Å². The lowest BCUT2D eigenvalue weighted by molar-refractivity contribution is -0.384. The van der Waals surface area contributed by atoms with E-state index in [9.17, 15) is 14.9 Å². The fraction of sp³-hybridized carbons (Fsp3) is 0.143. The Bertz CT molecular complexity index is 1050. The first-order valence-electron chi connectivity index (χ1n) is 8.71. The quantitative estimate of drug-likeness (QED) is 0.250. The minimum atomic E-state index is -0.463. The Hall–Kier alpha value is -3.94. The molecule has 0 atom stereocenters. The molecule has 0 N–H and O–H groups in total. The van der Waals surface area contributed by atoms with Crippen molar-refractivity contribution in [1.29, 1.82) is 0 Å². The standard InChI is InChI=1S/C21H19N3O5/c1-23-13-17(12-22-23)20(25)9-3-15-4-10-21(28-2)16(11-15)14-29-19-7-5-18(6-8-19)24(26)27/h3-13H,14H2,1-2H3/b9-3+. The zero-order valence-corrected chi connectivity index (χ0v) is 15.9. The number of hydrogen-bond donors (Lipinski definition) is 0. The lowest BCUT2D eigenvalue weighted by Crippen LogP contribution is -1.99. The number of rotatable bonds is 8. The van der Waals surface area contributed by atoms with Crippen LogP contribution in [0.25, 0.3) is 6.08 Å². The molecule has 0 amide bonds. The minimum absolute atomic E-state index is 0.000323. The van der Waals surface area contributed by atoms with Crippen molar-refractivity contribution in [2.24, 2.45) is 7.05 Å². The maximum absolute atomic E-state index is 12.2. The molecule has 148 valence electrons. The molecule has 0 saturated carbocycles. The number of nitro groups is 1. The van der Waals surface area contributed by atoms with Crippen LogP contribution >= 0.6 is 0 Å². The third-order valence-electron chi connectivity index (χ3n) is 4.16. The molecule has 0 aliphatic carbocycles. The van der Waals surface area contributed by atoms with E-state index in [1.165, 1.54) is 24.4 Å². The molecule has 29 heavy (non-hydrogen) atoms. The van der Waals surface area contributed by atoms with Crippen LogP contribution in [0.5, 0.6) is 11.5 Å². The number of nitrogens with zero attached hydrogens (tertiary/aromatic N) is 3. The number of aryl methyl sites for hydroxylation is 1. The van der Waals surface area contributed by atoms with Crippen LogP contribution in [-0.2, 0) is 13.7 Å². The van der Waals surface area contributed by atoms with Crippen LogP contribution in [0.1, 0.15) is 21.5 Å². The summed E-state index contributed by atoms with van der Waals surface area (Å²) in [4.78, 5) is 22.5. The van der Waals surface area contributed by atoms with Crippen LogP contribution in [0.3, 0.4) is 0 Å². The van der Waals surface area contributed by atoms with Gasteiger partial charge in [-0.25, -0.2) is 0 Å². The lowest BCUT2D eigenvalue weighted by Gasteiger charge is -2.11. The smallest absolute Gasteiger partial charge is 0.269 e. The molecular weight excluding hydrogens is 374 g/mol. The van der Waals surface area contributed by atoms with Crippen molar-refractivity contribution in [1.82, 2.24) is 9.78 Å². The molecule has 0 radical (unpaired) electrons. The van der Waals surface area contributed by atoms with E-state index in [-0.39, 0.29) is 18.1 Å². The highest BCUT2D eigenvalue weighted by atomic mass is 16.6. The first-order chi connectivity index (χ1) is 14.0. The molecule has 1 heterocycles. The molecular formula is C21H19N3O5. The summed E-state index contributed by atoms with van der Waals surface area (Å²) < 4.78 is 12.7. The predicted molar refractivity (Wildman–Crippen MR) is 107 cm³/mol. The second kappa shape index (κ2) is 8.83. The Balaban J connectivity index is 1.72. The third kappa shape index (κ3) is 5.07. The predicted octanol–water partition coefficient (Wildman–Crippen LogP) is 3.81. The van der Waals surface area contributed by atoms with Gasteiger partial charge >= 0.3 is 0 Å². The van der Waals surface area contributed by atoms with Crippen molar-refractivity contribution in [3.63, 3.8) is 0 Å². The summed E-state index contributed by atoms with van der Waals surface area (Å²) in [7, 11) is 3.31. The van der Waals surface area contributed by atoms with Gasteiger partial charge in [0, 0.05) is 30.9 Å². The van der Waals surface area contributed by atoms with Crippen LogP contribution in [0.2, 0.25) is 0 Å². The first-order valence-corrected chi connectivity index (χ1v) is 8.71. The van der Waals surface area contributed by atoms with Crippen LogP contribution in [0, 0.1) is 10.1 Å². The summed E-state index contributed by atoms with van der Waals surface area (Å²) in [5.41, 5.74) is 2.10. The van der Waals surface area contributed by atoms with Crippen molar-refractivity contribution >= 4 is 17.5 Å². The van der Waals surface area contributed by atoms with Gasteiger partial charge in [0.1, 0.15) is 18.1 Å². The lowest BCUT2D eigenvalue weighted by atomic mass is 10.1. The minimum Gasteiger partial charge on any atom is -0.496 e. The largest absolute Gasteiger partial charge is 0.496 e. The van der Waals surface area contributed by atoms with Gasteiger partial charge in [-0.3, -0.25) is 19.6 Å². The molecule has 0 saturated heterocycles. The summed E-state index contributed by atoms with van der Waals surface area (Å²) in [6.07, 6.45) is 6.37. The van der Waals surface area contributed by atoms with Gasteiger partial charge in [0.15, 0.2) is 5.78 Å². The number of nitro benzene ring substituents is 1. The fourth-order valence-electron chi connectivity index (χ4n) is 2.66. The Morgan fingerprint density at radius 1 is 1.24 bits per heavy atom. The van der Waals surface area contributed by atoms with Gasteiger partial charge in [0.2, 0.25) is 0 Å². The molecule has 8 nitrogen and oxygen atoms in total. The highest BCUT2D eigenvalue weighted by Gasteiger charge is 2.08.